The maximum absolute atomic E-state index is 12.1. The highest BCUT2D eigenvalue weighted by Gasteiger charge is 2.11. The van der Waals surface area contributed by atoms with Gasteiger partial charge in [-0.15, -0.1) is 0 Å². The Bertz CT molecular complexity index is 743. The second-order valence-corrected chi connectivity index (χ2v) is 4.27. The second-order valence-electron chi connectivity index (χ2n) is 4.27. The average Bonchev–Trinajstić information content (AvgIpc) is 2.86. The van der Waals surface area contributed by atoms with Crippen molar-refractivity contribution in [3.8, 4) is 0 Å². The number of nitrogens with one attached hydrogen (secondary N) is 2. The molecule has 0 aliphatic carbocycles. The lowest BCUT2D eigenvalue weighted by Gasteiger charge is -2.06. The molecule has 0 radical (unpaired) electrons. The van der Waals surface area contributed by atoms with E-state index in [4.69, 9.17) is 0 Å². The number of aryl methyl sites for hydroxylation is 1. The van der Waals surface area contributed by atoms with Gasteiger partial charge in [0.05, 0.1) is 11.2 Å². The minimum atomic E-state index is -0.235. The fourth-order valence-electron chi connectivity index (χ4n) is 1.93. The molecule has 2 heterocycles. The van der Waals surface area contributed by atoms with Crippen LogP contribution in [0.2, 0.25) is 0 Å². The van der Waals surface area contributed by atoms with Gasteiger partial charge in [-0.25, -0.2) is 0 Å². The fraction of sp³-hybridized carbons (Fsp3) is 0.0714. The third-order valence-electron chi connectivity index (χ3n) is 2.83. The molecule has 2 N–H and O–H groups in total. The maximum atomic E-state index is 12.1. The number of hydrogen-bond acceptors (Lipinski definition) is 3. The molecular weight excluding hydrogens is 240 g/mol. The molecule has 5 heteroatoms. The highest BCUT2D eigenvalue weighted by molar-refractivity contribution is 6.07. The minimum Gasteiger partial charge on any atom is -0.320 e. The molecule has 0 fully saturated rings. The van der Waals surface area contributed by atoms with E-state index in [0.717, 1.165) is 22.3 Å². The number of nitrogens with zero attached hydrogens (tertiary/aromatic N) is 2. The van der Waals surface area contributed by atoms with Crippen molar-refractivity contribution in [1.29, 1.82) is 0 Å². The van der Waals surface area contributed by atoms with E-state index >= 15 is 0 Å². The summed E-state index contributed by atoms with van der Waals surface area (Å²) in [5, 5.41) is 10.4. The lowest BCUT2D eigenvalue weighted by atomic mass is 10.2. The Hall–Kier alpha value is -2.69. The SMILES string of the molecule is Cc1cc(C(=O)Nc2cccc3ncccc23)n[nH]1. The summed E-state index contributed by atoms with van der Waals surface area (Å²) in [7, 11) is 0. The van der Waals surface area contributed by atoms with Crippen LogP contribution in [0.4, 0.5) is 5.69 Å². The number of fused-ring (bicyclic) bond motifs is 1. The summed E-state index contributed by atoms with van der Waals surface area (Å²) < 4.78 is 0. The summed E-state index contributed by atoms with van der Waals surface area (Å²) in [6, 6.07) is 11.1. The van der Waals surface area contributed by atoms with E-state index < -0.39 is 0 Å². The van der Waals surface area contributed by atoms with Gasteiger partial charge in [-0.2, -0.15) is 5.10 Å². The first-order valence-corrected chi connectivity index (χ1v) is 5.91. The van der Waals surface area contributed by atoms with Gasteiger partial charge in [-0.1, -0.05) is 6.07 Å². The number of pyridine rings is 1. The van der Waals surface area contributed by atoms with E-state index in [-0.39, 0.29) is 5.91 Å². The lowest BCUT2D eigenvalue weighted by Crippen LogP contribution is -2.12. The molecule has 0 spiro atoms. The molecular formula is C14H12N4O. The third kappa shape index (κ3) is 2.18. The van der Waals surface area contributed by atoms with Gasteiger partial charge in [0.25, 0.3) is 5.91 Å². The smallest absolute Gasteiger partial charge is 0.276 e. The molecule has 94 valence electrons. The predicted octanol–water partition coefficient (Wildman–Crippen LogP) is 2.52. The predicted molar refractivity (Wildman–Crippen MR) is 73.0 cm³/mol. The van der Waals surface area contributed by atoms with Crippen molar-refractivity contribution in [2.24, 2.45) is 0 Å². The van der Waals surface area contributed by atoms with Crippen molar-refractivity contribution >= 4 is 22.5 Å². The molecule has 3 aromatic rings. The zero-order valence-electron chi connectivity index (χ0n) is 10.3. The van der Waals surface area contributed by atoms with Crippen molar-refractivity contribution in [3.05, 3.63) is 54.0 Å². The molecule has 0 atom stereocenters. The zero-order valence-corrected chi connectivity index (χ0v) is 10.3. The van der Waals surface area contributed by atoms with Crippen LogP contribution in [0.25, 0.3) is 10.9 Å². The Labute approximate surface area is 109 Å². The van der Waals surface area contributed by atoms with Gasteiger partial charge in [0, 0.05) is 17.3 Å². The number of amides is 1. The molecule has 5 nitrogen and oxygen atoms in total. The number of benzene rings is 1. The first kappa shape index (κ1) is 11.4. The number of hydrogen-bond donors (Lipinski definition) is 2. The Morgan fingerprint density at radius 2 is 2.16 bits per heavy atom. The number of aromatic amines is 1. The summed E-state index contributed by atoms with van der Waals surface area (Å²) in [5.41, 5.74) is 2.80. The van der Waals surface area contributed by atoms with Crippen LogP contribution in [-0.2, 0) is 0 Å². The van der Waals surface area contributed by atoms with Gasteiger partial charge in [0.1, 0.15) is 0 Å². The van der Waals surface area contributed by atoms with Crippen LogP contribution in [0.5, 0.6) is 0 Å². The Morgan fingerprint density at radius 3 is 2.95 bits per heavy atom. The number of aromatic nitrogens is 3. The van der Waals surface area contributed by atoms with E-state index in [1.165, 1.54) is 0 Å². The van der Waals surface area contributed by atoms with Crippen LogP contribution in [0, 0.1) is 6.92 Å². The fourth-order valence-corrected chi connectivity index (χ4v) is 1.93. The summed E-state index contributed by atoms with van der Waals surface area (Å²) in [6.07, 6.45) is 1.73. The minimum absolute atomic E-state index is 0.235. The quantitative estimate of drug-likeness (QED) is 0.736. The van der Waals surface area contributed by atoms with Crippen LogP contribution in [0.15, 0.2) is 42.6 Å². The van der Waals surface area contributed by atoms with Gasteiger partial charge in [0.15, 0.2) is 5.69 Å². The van der Waals surface area contributed by atoms with Crippen LogP contribution in [0.1, 0.15) is 16.2 Å². The van der Waals surface area contributed by atoms with Gasteiger partial charge in [-0.3, -0.25) is 14.9 Å². The molecule has 0 saturated heterocycles. The van der Waals surface area contributed by atoms with Crippen molar-refractivity contribution in [3.63, 3.8) is 0 Å². The summed E-state index contributed by atoms with van der Waals surface area (Å²) >= 11 is 0. The van der Waals surface area contributed by atoms with Gasteiger partial charge in [-0.05, 0) is 37.3 Å². The second kappa shape index (κ2) is 4.53. The molecule has 3 rings (SSSR count). The van der Waals surface area contributed by atoms with Crippen LogP contribution in [0.3, 0.4) is 0 Å². The number of anilines is 1. The maximum Gasteiger partial charge on any atom is 0.276 e. The van der Waals surface area contributed by atoms with Gasteiger partial charge >= 0.3 is 0 Å². The van der Waals surface area contributed by atoms with E-state index in [1.807, 2.05) is 37.3 Å². The highest BCUT2D eigenvalue weighted by Crippen LogP contribution is 2.21. The van der Waals surface area contributed by atoms with Crippen molar-refractivity contribution < 1.29 is 4.79 Å². The number of H-pyrrole nitrogens is 1. The first-order valence-electron chi connectivity index (χ1n) is 5.91. The highest BCUT2D eigenvalue weighted by atomic mass is 16.1. The molecule has 0 unspecified atom stereocenters. The molecule has 2 aromatic heterocycles. The van der Waals surface area contributed by atoms with Crippen LogP contribution >= 0.6 is 0 Å². The standard InChI is InChI=1S/C14H12N4O/c1-9-8-13(18-17-9)14(19)16-12-6-2-5-11-10(12)4-3-7-15-11/h2-8H,1H3,(H,16,19)(H,17,18). The summed E-state index contributed by atoms with van der Waals surface area (Å²) in [5.74, 6) is -0.235. The zero-order chi connectivity index (χ0) is 13.2. The van der Waals surface area contributed by atoms with E-state index in [9.17, 15) is 4.79 Å². The Balaban J connectivity index is 1.95. The summed E-state index contributed by atoms with van der Waals surface area (Å²) in [4.78, 5) is 16.3. The molecule has 0 aliphatic rings. The monoisotopic (exact) mass is 252 g/mol. The largest absolute Gasteiger partial charge is 0.320 e. The van der Waals surface area contributed by atoms with E-state index in [2.05, 4.69) is 20.5 Å². The van der Waals surface area contributed by atoms with Crippen molar-refractivity contribution in [2.45, 2.75) is 6.92 Å². The molecule has 0 bridgehead atoms. The summed E-state index contributed by atoms with van der Waals surface area (Å²) in [6.45, 7) is 1.85. The van der Waals surface area contributed by atoms with Crippen molar-refractivity contribution in [1.82, 2.24) is 15.2 Å². The molecule has 1 aromatic carbocycles. The van der Waals surface area contributed by atoms with Crippen LogP contribution < -0.4 is 5.32 Å². The van der Waals surface area contributed by atoms with E-state index in [0.29, 0.717) is 5.69 Å². The van der Waals surface area contributed by atoms with Crippen molar-refractivity contribution in [2.75, 3.05) is 5.32 Å². The molecule has 0 saturated carbocycles. The lowest BCUT2D eigenvalue weighted by molar-refractivity contribution is 0.102. The molecule has 19 heavy (non-hydrogen) atoms. The molecule has 1 amide bonds. The molecule has 0 aliphatic heterocycles. The van der Waals surface area contributed by atoms with E-state index in [1.54, 1.807) is 12.3 Å². The number of rotatable bonds is 2. The van der Waals surface area contributed by atoms with Crippen LogP contribution in [-0.4, -0.2) is 21.1 Å². The first-order chi connectivity index (χ1) is 9.24. The van der Waals surface area contributed by atoms with Gasteiger partial charge < -0.3 is 5.32 Å². The number of carbonyl (C=O) groups excluding carboxylic acids is 1. The third-order valence-corrected chi connectivity index (χ3v) is 2.83. The van der Waals surface area contributed by atoms with Gasteiger partial charge in [0.2, 0.25) is 0 Å². The normalized spacial score (nSPS) is 10.6. The Morgan fingerprint density at radius 1 is 1.26 bits per heavy atom. The number of carbonyl (C=O) groups is 1. The topological polar surface area (TPSA) is 70.7 Å². The average molecular weight is 252 g/mol. The Kier molecular flexibility index (Phi) is 2.72.